The second-order valence-corrected chi connectivity index (χ2v) is 10.7. The zero-order chi connectivity index (χ0) is 25.7. The highest BCUT2D eigenvalue weighted by Crippen LogP contribution is 2.25. The Kier molecular flexibility index (Phi) is 7.71. The van der Waals surface area contributed by atoms with E-state index in [9.17, 15) is 18.0 Å². The van der Waals surface area contributed by atoms with Crippen LogP contribution in [0.3, 0.4) is 0 Å². The van der Waals surface area contributed by atoms with Gasteiger partial charge in [0.2, 0.25) is 21.8 Å². The maximum Gasteiger partial charge on any atom is 0.241 e. The van der Waals surface area contributed by atoms with Crippen molar-refractivity contribution >= 4 is 33.2 Å². The van der Waals surface area contributed by atoms with Crippen LogP contribution in [0.25, 0.3) is 0 Å². The third kappa shape index (κ3) is 6.30. The van der Waals surface area contributed by atoms with E-state index < -0.39 is 22.0 Å². The first-order valence-corrected chi connectivity index (χ1v) is 13.2. The van der Waals surface area contributed by atoms with Crippen LogP contribution in [0.4, 0.5) is 11.4 Å². The van der Waals surface area contributed by atoms with Gasteiger partial charge in [-0.3, -0.25) is 9.59 Å². The molecule has 1 heterocycles. The fraction of sp³-hybridized carbons (Fsp3) is 0.259. The number of carbonyl (C=O) groups is 2. The van der Waals surface area contributed by atoms with Crippen LogP contribution < -0.4 is 20.3 Å². The van der Waals surface area contributed by atoms with Gasteiger partial charge in [0.25, 0.3) is 0 Å². The van der Waals surface area contributed by atoms with Gasteiger partial charge in [-0.05, 0) is 59.9 Å². The van der Waals surface area contributed by atoms with E-state index >= 15 is 0 Å². The van der Waals surface area contributed by atoms with Crippen LogP contribution in [0.15, 0.2) is 77.7 Å². The molecule has 8 nitrogen and oxygen atoms in total. The molecule has 0 spiro atoms. The first-order valence-electron chi connectivity index (χ1n) is 11.7. The van der Waals surface area contributed by atoms with Crippen LogP contribution in [0.5, 0.6) is 0 Å². The van der Waals surface area contributed by atoms with E-state index in [-0.39, 0.29) is 23.8 Å². The summed E-state index contributed by atoms with van der Waals surface area (Å²) in [6, 6.07) is 20.6. The second-order valence-electron chi connectivity index (χ2n) is 9.01. The summed E-state index contributed by atoms with van der Waals surface area (Å²) in [6.45, 7) is 0.276. The molecule has 3 aromatic rings. The van der Waals surface area contributed by atoms with Crippen molar-refractivity contribution in [2.45, 2.75) is 36.7 Å². The molecule has 0 bridgehead atoms. The predicted molar refractivity (Wildman–Crippen MR) is 140 cm³/mol. The van der Waals surface area contributed by atoms with Gasteiger partial charge in [-0.15, -0.1) is 0 Å². The summed E-state index contributed by atoms with van der Waals surface area (Å²) in [7, 11) is -0.0907. The Balaban J connectivity index is 1.51. The minimum absolute atomic E-state index is 0.0579. The number of sulfonamides is 1. The fourth-order valence-corrected chi connectivity index (χ4v) is 5.29. The van der Waals surface area contributed by atoms with Gasteiger partial charge in [0, 0.05) is 38.4 Å². The Labute approximate surface area is 211 Å². The van der Waals surface area contributed by atoms with Crippen LogP contribution >= 0.6 is 0 Å². The van der Waals surface area contributed by atoms with Gasteiger partial charge < -0.3 is 15.5 Å². The lowest BCUT2D eigenvalue weighted by Crippen LogP contribution is -2.47. The Bertz CT molecular complexity index is 1340. The number of amides is 2. The number of fused-ring (bicyclic) bond motifs is 1. The first kappa shape index (κ1) is 25.4. The highest BCUT2D eigenvalue weighted by atomic mass is 32.2. The highest BCUT2D eigenvalue weighted by molar-refractivity contribution is 7.89. The summed E-state index contributed by atoms with van der Waals surface area (Å²) in [5.74, 6) is -0.503. The number of anilines is 2. The SMILES string of the molecule is CN(C)c1ccc(CNC(=O)[C@@H](Cc2ccccc2)NS(=O)(=O)c2ccc3c(c2)CCC(=O)N3)cc1. The number of nitrogens with zero attached hydrogens (tertiary/aromatic N) is 1. The van der Waals surface area contributed by atoms with Crippen LogP contribution in [0.2, 0.25) is 0 Å². The normalized spacial score (nSPS) is 13.9. The third-order valence-electron chi connectivity index (χ3n) is 6.10. The average molecular weight is 507 g/mol. The van der Waals surface area contributed by atoms with Crippen LogP contribution in [-0.4, -0.2) is 40.4 Å². The summed E-state index contributed by atoms with van der Waals surface area (Å²) in [5.41, 5.74) is 4.16. The molecule has 1 atom stereocenters. The van der Waals surface area contributed by atoms with Gasteiger partial charge in [0.05, 0.1) is 4.90 Å². The maximum absolute atomic E-state index is 13.3. The number of hydrogen-bond acceptors (Lipinski definition) is 5. The van der Waals surface area contributed by atoms with Gasteiger partial charge in [0.15, 0.2) is 0 Å². The van der Waals surface area contributed by atoms with E-state index in [0.29, 0.717) is 18.5 Å². The highest BCUT2D eigenvalue weighted by Gasteiger charge is 2.27. The van der Waals surface area contributed by atoms with E-state index in [1.165, 1.54) is 6.07 Å². The number of carbonyl (C=O) groups excluding carboxylic acids is 2. The maximum atomic E-state index is 13.3. The molecule has 0 saturated heterocycles. The van der Waals surface area contributed by atoms with Gasteiger partial charge in [-0.25, -0.2) is 8.42 Å². The van der Waals surface area contributed by atoms with E-state index in [1.54, 1.807) is 12.1 Å². The number of aryl methyl sites for hydroxylation is 1. The van der Waals surface area contributed by atoms with Crippen molar-refractivity contribution in [3.63, 3.8) is 0 Å². The van der Waals surface area contributed by atoms with Gasteiger partial charge in [0.1, 0.15) is 6.04 Å². The molecule has 2 amide bonds. The lowest BCUT2D eigenvalue weighted by Gasteiger charge is -2.21. The molecule has 0 fully saturated rings. The molecule has 9 heteroatoms. The molecule has 0 aliphatic carbocycles. The monoisotopic (exact) mass is 506 g/mol. The number of rotatable bonds is 9. The van der Waals surface area contributed by atoms with Crippen molar-refractivity contribution in [3.05, 3.63) is 89.5 Å². The quantitative estimate of drug-likeness (QED) is 0.414. The molecule has 1 aliphatic rings. The fourth-order valence-electron chi connectivity index (χ4n) is 4.04. The summed E-state index contributed by atoms with van der Waals surface area (Å²) in [4.78, 5) is 26.8. The predicted octanol–water partition coefficient (Wildman–Crippen LogP) is 2.84. The second kappa shape index (κ2) is 10.9. The minimum Gasteiger partial charge on any atom is -0.378 e. The van der Waals surface area contributed by atoms with Crippen LogP contribution in [-0.2, 0) is 39.0 Å². The van der Waals surface area contributed by atoms with Crippen molar-refractivity contribution < 1.29 is 18.0 Å². The number of hydrogen-bond donors (Lipinski definition) is 3. The molecule has 0 aromatic heterocycles. The van der Waals surface area contributed by atoms with E-state index in [0.717, 1.165) is 22.4 Å². The molecule has 3 N–H and O–H groups in total. The van der Waals surface area contributed by atoms with Gasteiger partial charge >= 0.3 is 0 Å². The molecular weight excluding hydrogens is 476 g/mol. The summed E-state index contributed by atoms with van der Waals surface area (Å²) < 4.78 is 29.2. The van der Waals surface area contributed by atoms with Crippen molar-refractivity contribution in [1.29, 1.82) is 0 Å². The molecule has 1 aliphatic heterocycles. The van der Waals surface area contributed by atoms with Crippen molar-refractivity contribution in [2.75, 3.05) is 24.3 Å². The molecule has 0 unspecified atom stereocenters. The molecule has 0 radical (unpaired) electrons. The summed E-state index contributed by atoms with van der Waals surface area (Å²) in [5, 5.41) is 5.62. The zero-order valence-electron chi connectivity index (χ0n) is 20.3. The molecule has 4 rings (SSSR count). The third-order valence-corrected chi connectivity index (χ3v) is 7.57. The van der Waals surface area contributed by atoms with E-state index in [4.69, 9.17) is 0 Å². The number of benzene rings is 3. The van der Waals surface area contributed by atoms with Gasteiger partial charge in [-0.2, -0.15) is 4.72 Å². The molecule has 0 saturated carbocycles. The first-order chi connectivity index (χ1) is 17.2. The molecule has 188 valence electrons. The van der Waals surface area contributed by atoms with E-state index in [2.05, 4.69) is 15.4 Å². The Morgan fingerprint density at radius 3 is 2.39 bits per heavy atom. The Hall–Kier alpha value is -3.69. The number of nitrogens with one attached hydrogen (secondary N) is 3. The van der Waals surface area contributed by atoms with Crippen LogP contribution in [0.1, 0.15) is 23.1 Å². The smallest absolute Gasteiger partial charge is 0.241 e. The van der Waals surface area contributed by atoms with Crippen molar-refractivity contribution in [1.82, 2.24) is 10.0 Å². The van der Waals surface area contributed by atoms with Crippen molar-refractivity contribution in [3.8, 4) is 0 Å². The van der Waals surface area contributed by atoms with Crippen molar-refractivity contribution in [2.24, 2.45) is 0 Å². The molecule has 3 aromatic carbocycles. The van der Waals surface area contributed by atoms with Gasteiger partial charge in [-0.1, -0.05) is 42.5 Å². The zero-order valence-corrected chi connectivity index (χ0v) is 21.1. The summed E-state index contributed by atoms with van der Waals surface area (Å²) >= 11 is 0. The average Bonchev–Trinajstić information content (AvgIpc) is 2.87. The Morgan fingerprint density at radius 1 is 0.972 bits per heavy atom. The standard InChI is InChI=1S/C27H30N4O4S/c1-31(2)22-11-8-20(9-12-22)18-28-27(33)25(16-19-6-4-3-5-7-19)30-36(34,35)23-13-14-24-21(17-23)10-15-26(32)29-24/h3-9,11-14,17,25,30H,10,15-16,18H2,1-2H3,(H,28,33)(H,29,32)/t25-/m1/s1. The topological polar surface area (TPSA) is 108 Å². The lowest BCUT2D eigenvalue weighted by atomic mass is 10.0. The molecular formula is C27H30N4O4S. The van der Waals surface area contributed by atoms with Crippen LogP contribution in [0, 0.1) is 0 Å². The largest absolute Gasteiger partial charge is 0.378 e. The summed E-state index contributed by atoms with van der Waals surface area (Å²) in [6.07, 6.45) is 0.968. The van der Waals surface area contributed by atoms with E-state index in [1.807, 2.05) is 73.6 Å². The minimum atomic E-state index is -4.00. The molecule has 36 heavy (non-hydrogen) atoms. The lowest BCUT2D eigenvalue weighted by molar-refractivity contribution is -0.123. The Morgan fingerprint density at radius 2 is 1.69 bits per heavy atom.